The van der Waals surface area contributed by atoms with E-state index in [4.69, 9.17) is 30.5 Å². The molecule has 1 aromatic carbocycles. The fraction of sp³-hybridized carbons (Fsp3) is 0.458. The van der Waals surface area contributed by atoms with Gasteiger partial charge >= 0.3 is 23.9 Å². The number of alkyl halides is 1. The Balaban J connectivity index is 3.25. The monoisotopic (exact) mass is 571 g/mol. The Hall–Kier alpha value is -4.20. The molecule has 0 bridgehead atoms. The van der Waals surface area contributed by atoms with Crippen molar-refractivity contribution in [2.75, 3.05) is 37.6 Å². The molecule has 0 unspecified atom stereocenters. The standard InChI is InChI=1S/C24H30ClN3O11/c1-13(29)36-9-20(10-37-14(2)30)27-23(34)17-5-18(7-19(6-17)26-22(33)8-25)24(35)28-21(11-38-15(3)31)12-39-16(4)32/h5-7,20-21H,8-12H2,1-4H3,(H,26,33)(H,27,34)(H,28,35). The van der Waals surface area contributed by atoms with Gasteiger partial charge in [0.15, 0.2) is 0 Å². The lowest BCUT2D eigenvalue weighted by Gasteiger charge is -2.20. The Kier molecular flexibility index (Phi) is 14.0. The van der Waals surface area contributed by atoms with Gasteiger partial charge in [-0.05, 0) is 18.2 Å². The van der Waals surface area contributed by atoms with Crippen molar-refractivity contribution in [1.82, 2.24) is 10.6 Å². The van der Waals surface area contributed by atoms with Gasteiger partial charge in [0, 0.05) is 44.5 Å². The summed E-state index contributed by atoms with van der Waals surface area (Å²) >= 11 is 5.55. The van der Waals surface area contributed by atoms with E-state index in [-0.39, 0.29) is 43.2 Å². The minimum Gasteiger partial charge on any atom is -0.464 e. The van der Waals surface area contributed by atoms with Crippen molar-refractivity contribution in [3.8, 4) is 0 Å². The molecule has 0 aromatic heterocycles. The van der Waals surface area contributed by atoms with E-state index >= 15 is 0 Å². The summed E-state index contributed by atoms with van der Waals surface area (Å²) in [6.45, 7) is 3.42. The molecule has 3 N–H and O–H groups in total. The zero-order valence-electron chi connectivity index (χ0n) is 21.8. The fourth-order valence-corrected chi connectivity index (χ4v) is 2.90. The summed E-state index contributed by atoms with van der Waals surface area (Å²) < 4.78 is 19.6. The second-order valence-corrected chi connectivity index (χ2v) is 8.30. The highest BCUT2D eigenvalue weighted by atomic mass is 35.5. The van der Waals surface area contributed by atoms with Gasteiger partial charge in [0.1, 0.15) is 32.3 Å². The van der Waals surface area contributed by atoms with E-state index in [9.17, 15) is 33.6 Å². The summed E-state index contributed by atoms with van der Waals surface area (Å²) in [6, 6.07) is 1.87. The van der Waals surface area contributed by atoms with Crippen molar-refractivity contribution in [2.45, 2.75) is 39.8 Å². The summed E-state index contributed by atoms with van der Waals surface area (Å²) in [5, 5.41) is 7.51. The number of esters is 4. The second-order valence-electron chi connectivity index (χ2n) is 8.03. The lowest BCUT2D eigenvalue weighted by atomic mass is 10.1. The highest BCUT2D eigenvalue weighted by Gasteiger charge is 2.22. The summed E-state index contributed by atoms with van der Waals surface area (Å²) in [7, 11) is 0. The van der Waals surface area contributed by atoms with Crippen LogP contribution in [0.4, 0.5) is 5.69 Å². The zero-order chi connectivity index (χ0) is 29.5. The van der Waals surface area contributed by atoms with Crippen LogP contribution in [0, 0.1) is 0 Å². The van der Waals surface area contributed by atoms with Crippen molar-refractivity contribution < 1.29 is 52.5 Å². The summed E-state index contributed by atoms with van der Waals surface area (Å²) in [5.41, 5.74) is -0.147. The van der Waals surface area contributed by atoms with E-state index < -0.39 is 59.6 Å². The predicted octanol–water partition coefficient (Wildman–Crippen LogP) is 0.313. The van der Waals surface area contributed by atoms with Crippen LogP contribution in [0.3, 0.4) is 0 Å². The number of anilines is 1. The molecule has 0 aliphatic carbocycles. The average Bonchev–Trinajstić information content (AvgIpc) is 2.86. The van der Waals surface area contributed by atoms with Crippen molar-refractivity contribution in [3.05, 3.63) is 29.3 Å². The van der Waals surface area contributed by atoms with Crippen LogP contribution in [0.25, 0.3) is 0 Å². The molecule has 0 fully saturated rings. The van der Waals surface area contributed by atoms with Crippen LogP contribution in [0.15, 0.2) is 18.2 Å². The Morgan fingerprint density at radius 2 is 0.974 bits per heavy atom. The molecule has 1 aromatic rings. The number of rotatable bonds is 14. The Labute approximate surface area is 229 Å². The van der Waals surface area contributed by atoms with Crippen LogP contribution in [0.1, 0.15) is 48.4 Å². The van der Waals surface area contributed by atoms with Gasteiger partial charge in [-0.1, -0.05) is 0 Å². The third kappa shape index (κ3) is 13.8. The smallest absolute Gasteiger partial charge is 0.302 e. The van der Waals surface area contributed by atoms with Crippen LogP contribution < -0.4 is 16.0 Å². The van der Waals surface area contributed by atoms with Crippen LogP contribution in [-0.4, -0.2) is 86.0 Å². The number of benzene rings is 1. The number of hydrogen-bond acceptors (Lipinski definition) is 11. The molecule has 0 atom stereocenters. The van der Waals surface area contributed by atoms with Gasteiger partial charge in [0.25, 0.3) is 11.8 Å². The van der Waals surface area contributed by atoms with Gasteiger partial charge in [0.05, 0.1) is 12.1 Å². The van der Waals surface area contributed by atoms with E-state index in [1.807, 2.05) is 0 Å². The first-order valence-corrected chi connectivity index (χ1v) is 12.0. The highest BCUT2D eigenvalue weighted by Crippen LogP contribution is 2.17. The lowest BCUT2D eigenvalue weighted by Crippen LogP contribution is -2.43. The van der Waals surface area contributed by atoms with Gasteiger partial charge in [-0.25, -0.2) is 0 Å². The van der Waals surface area contributed by atoms with Gasteiger partial charge < -0.3 is 34.9 Å². The number of amides is 3. The lowest BCUT2D eigenvalue weighted by molar-refractivity contribution is -0.146. The zero-order valence-corrected chi connectivity index (χ0v) is 22.5. The molecule has 1 rings (SSSR count). The molecule has 15 heteroatoms. The van der Waals surface area contributed by atoms with E-state index in [1.165, 1.54) is 18.2 Å². The second kappa shape index (κ2) is 16.6. The molecule has 39 heavy (non-hydrogen) atoms. The maximum absolute atomic E-state index is 13.0. The minimum atomic E-state index is -0.930. The van der Waals surface area contributed by atoms with Crippen molar-refractivity contribution in [3.63, 3.8) is 0 Å². The van der Waals surface area contributed by atoms with Crippen LogP contribution in [0.2, 0.25) is 0 Å². The Morgan fingerprint density at radius 1 is 0.641 bits per heavy atom. The number of carbonyl (C=O) groups excluding carboxylic acids is 7. The minimum absolute atomic E-state index is 0.0477. The molecule has 0 aliphatic rings. The average molecular weight is 572 g/mol. The highest BCUT2D eigenvalue weighted by molar-refractivity contribution is 6.29. The molecule has 0 radical (unpaired) electrons. The molecule has 0 saturated heterocycles. The van der Waals surface area contributed by atoms with Gasteiger partial charge in [0.2, 0.25) is 5.91 Å². The van der Waals surface area contributed by atoms with Crippen LogP contribution in [-0.2, 0) is 42.9 Å². The quantitative estimate of drug-likeness (QED) is 0.158. The third-order valence-corrected chi connectivity index (χ3v) is 4.73. The van der Waals surface area contributed by atoms with Gasteiger partial charge in [-0.3, -0.25) is 33.6 Å². The first-order chi connectivity index (χ1) is 18.3. The normalized spacial score (nSPS) is 10.3. The molecule has 0 heterocycles. The van der Waals surface area contributed by atoms with E-state index in [0.717, 1.165) is 27.7 Å². The largest absolute Gasteiger partial charge is 0.464 e. The molecule has 214 valence electrons. The molecule has 3 amide bonds. The number of nitrogens with one attached hydrogen (secondary N) is 3. The summed E-state index contributed by atoms with van der Waals surface area (Å²) in [6.07, 6.45) is 0. The number of hydrogen-bond donors (Lipinski definition) is 3. The van der Waals surface area contributed by atoms with E-state index in [1.54, 1.807) is 0 Å². The molecule has 0 saturated carbocycles. The predicted molar refractivity (Wildman–Crippen MR) is 135 cm³/mol. The Morgan fingerprint density at radius 3 is 1.26 bits per heavy atom. The molecule has 14 nitrogen and oxygen atoms in total. The maximum Gasteiger partial charge on any atom is 0.302 e. The number of carbonyl (C=O) groups is 7. The molecular formula is C24H30ClN3O11. The van der Waals surface area contributed by atoms with Gasteiger partial charge in [-0.2, -0.15) is 0 Å². The number of ether oxygens (including phenoxy) is 4. The maximum atomic E-state index is 13.0. The van der Waals surface area contributed by atoms with E-state index in [0.29, 0.717) is 0 Å². The summed E-state index contributed by atoms with van der Waals surface area (Å²) in [5.74, 6) is -5.04. The van der Waals surface area contributed by atoms with Gasteiger partial charge in [-0.15, -0.1) is 11.6 Å². The topological polar surface area (TPSA) is 192 Å². The SMILES string of the molecule is CC(=O)OCC(COC(C)=O)NC(=O)c1cc(NC(=O)CCl)cc(C(=O)NC(COC(C)=O)COC(C)=O)c1. The third-order valence-electron chi connectivity index (χ3n) is 4.48. The first kappa shape index (κ1) is 32.8. The number of halogens is 1. The molecule has 0 aliphatic heterocycles. The molecule has 0 spiro atoms. The first-order valence-electron chi connectivity index (χ1n) is 11.5. The Bertz CT molecular complexity index is 985. The van der Waals surface area contributed by atoms with Crippen LogP contribution in [0.5, 0.6) is 0 Å². The van der Waals surface area contributed by atoms with Crippen molar-refractivity contribution >= 4 is 58.9 Å². The molecular weight excluding hydrogens is 542 g/mol. The fourth-order valence-electron chi connectivity index (χ4n) is 2.83. The van der Waals surface area contributed by atoms with Crippen LogP contribution >= 0.6 is 11.6 Å². The van der Waals surface area contributed by atoms with Crippen molar-refractivity contribution in [1.29, 1.82) is 0 Å². The summed E-state index contributed by atoms with van der Waals surface area (Å²) in [4.78, 5) is 82.7. The van der Waals surface area contributed by atoms with Crippen molar-refractivity contribution in [2.24, 2.45) is 0 Å². The van der Waals surface area contributed by atoms with E-state index in [2.05, 4.69) is 16.0 Å².